The molecular formula is C24H30N2O6S2. The van der Waals surface area contributed by atoms with Gasteiger partial charge in [-0.1, -0.05) is 42.5 Å². The Balaban J connectivity index is 1.38. The van der Waals surface area contributed by atoms with Crippen molar-refractivity contribution in [2.24, 2.45) is 0 Å². The van der Waals surface area contributed by atoms with Crippen molar-refractivity contribution in [1.29, 1.82) is 0 Å². The van der Waals surface area contributed by atoms with E-state index in [1.165, 1.54) is 11.8 Å². The lowest BCUT2D eigenvalue weighted by molar-refractivity contribution is -0.140. The van der Waals surface area contributed by atoms with Crippen LogP contribution in [0.2, 0.25) is 0 Å². The zero-order valence-electron chi connectivity index (χ0n) is 19.5. The van der Waals surface area contributed by atoms with Crippen molar-refractivity contribution in [3.63, 3.8) is 0 Å². The maximum Gasteiger partial charge on any atom is 0.410 e. The number of rotatable bonds is 6. The molecule has 0 spiro atoms. The van der Waals surface area contributed by atoms with E-state index in [1.807, 2.05) is 63.3 Å². The molecular weight excluding hydrogens is 476 g/mol. The molecule has 1 aromatic rings. The quantitative estimate of drug-likeness (QED) is 0.603. The van der Waals surface area contributed by atoms with Crippen LogP contribution in [0.3, 0.4) is 0 Å². The average molecular weight is 507 g/mol. The summed E-state index contributed by atoms with van der Waals surface area (Å²) in [5.74, 6) is -1.54. The van der Waals surface area contributed by atoms with E-state index < -0.39 is 31.7 Å². The summed E-state index contributed by atoms with van der Waals surface area (Å²) in [5, 5.41) is 9.84. The highest BCUT2D eigenvalue weighted by molar-refractivity contribution is 8.15. The average Bonchev–Trinajstić information content (AvgIpc) is 3.26. The van der Waals surface area contributed by atoms with Crippen molar-refractivity contribution >= 4 is 33.8 Å². The third kappa shape index (κ3) is 5.18. The van der Waals surface area contributed by atoms with Gasteiger partial charge in [0.05, 0.1) is 0 Å². The highest BCUT2D eigenvalue weighted by atomic mass is 32.3. The second kappa shape index (κ2) is 9.05. The first-order valence-corrected chi connectivity index (χ1v) is 13.7. The summed E-state index contributed by atoms with van der Waals surface area (Å²) >= 11 is 1.24. The predicted octanol–water partition coefficient (Wildman–Crippen LogP) is 3.83. The van der Waals surface area contributed by atoms with E-state index in [4.69, 9.17) is 4.74 Å². The fraction of sp³-hybridized carbons (Fsp3) is 0.500. The largest absolute Gasteiger partial charge is 0.480 e. The molecule has 1 saturated carbocycles. The van der Waals surface area contributed by atoms with Gasteiger partial charge in [-0.05, 0) is 51.2 Å². The molecule has 3 atom stereocenters. The summed E-state index contributed by atoms with van der Waals surface area (Å²) in [6.07, 6.45) is 4.59. The Bertz CT molecular complexity index is 1140. The summed E-state index contributed by atoms with van der Waals surface area (Å²) in [6, 6.07) is 9.13. The molecule has 1 aliphatic carbocycles. The number of carbonyl (C=O) groups is 2. The number of allylic oxidation sites excluding steroid dienone is 2. The first kappa shape index (κ1) is 24.8. The number of benzene rings is 1. The van der Waals surface area contributed by atoms with Crippen LogP contribution in [-0.2, 0) is 19.6 Å². The van der Waals surface area contributed by atoms with Gasteiger partial charge in [-0.3, -0.25) is 4.79 Å². The van der Waals surface area contributed by atoms with Crippen LogP contribution < -0.4 is 4.72 Å². The number of hydrogen-bond donors (Lipinski definition) is 2. The van der Waals surface area contributed by atoms with Crippen molar-refractivity contribution in [2.45, 2.75) is 61.7 Å². The first-order chi connectivity index (χ1) is 15.9. The molecule has 34 heavy (non-hydrogen) atoms. The van der Waals surface area contributed by atoms with Gasteiger partial charge in [0.1, 0.15) is 15.7 Å². The molecule has 1 fully saturated rings. The summed E-state index contributed by atoms with van der Waals surface area (Å²) in [7, 11) is -3.89. The smallest absolute Gasteiger partial charge is 0.410 e. The number of aliphatic carboxylic acids is 1. The number of amides is 1. The Morgan fingerprint density at radius 3 is 2.50 bits per heavy atom. The van der Waals surface area contributed by atoms with Gasteiger partial charge in [-0.25, -0.2) is 13.2 Å². The monoisotopic (exact) mass is 506 g/mol. The second-order valence-corrected chi connectivity index (χ2v) is 13.3. The van der Waals surface area contributed by atoms with Crippen LogP contribution in [-0.4, -0.2) is 59.3 Å². The fourth-order valence-electron chi connectivity index (χ4n) is 4.29. The minimum Gasteiger partial charge on any atom is -0.480 e. The van der Waals surface area contributed by atoms with Gasteiger partial charge in [0, 0.05) is 23.9 Å². The fourth-order valence-corrected chi connectivity index (χ4v) is 7.55. The maximum absolute atomic E-state index is 13.2. The molecule has 0 saturated heterocycles. The summed E-state index contributed by atoms with van der Waals surface area (Å²) in [5.41, 5.74) is -0.244. The highest BCUT2D eigenvalue weighted by Gasteiger charge is 2.63. The van der Waals surface area contributed by atoms with Gasteiger partial charge in [-0.2, -0.15) is 4.72 Å². The summed E-state index contributed by atoms with van der Waals surface area (Å²) in [6.45, 7) is 6.36. The Labute approximate surface area is 204 Å². The summed E-state index contributed by atoms with van der Waals surface area (Å²) in [4.78, 5) is 26.8. The molecule has 2 heterocycles. The number of hydrogen-bond acceptors (Lipinski definition) is 6. The van der Waals surface area contributed by atoms with Gasteiger partial charge in [0.15, 0.2) is 0 Å². The van der Waals surface area contributed by atoms with Crippen molar-refractivity contribution in [3.05, 3.63) is 58.5 Å². The van der Waals surface area contributed by atoms with Crippen LogP contribution in [0.4, 0.5) is 4.79 Å². The topological polar surface area (TPSA) is 113 Å². The van der Waals surface area contributed by atoms with Crippen LogP contribution >= 0.6 is 11.8 Å². The minimum atomic E-state index is -3.89. The van der Waals surface area contributed by atoms with Crippen molar-refractivity contribution < 1.29 is 27.9 Å². The molecule has 3 aliphatic rings. The Morgan fingerprint density at radius 2 is 1.91 bits per heavy atom. The number of carbonyl (C=O) groups excluding carboxylic acids is 1. The molecule has 4 rings (SSSR count). The van der Waals surface area contributed by atoms with Crippen LogP contribution in [0, 0.1) is 0 Å². The number of nitrogens with zero attached hydrogens (tertiary/aromatic N) is 1. The van der Waals surface area contributed by atoms with E-state index >= 15 is 0 Å². The van der Waals surface area contributed by atoms with Gasteiger partial charge in [0.25, 0.3) is 0 Å². The molecule has 184 valence electrons. The van der Waals surface area contributed by atoms with Crippen molar-refractivity contribution in [3.8, 4) is 0 Å². The molecule has 0 aromatic heterocycles. The third-order valence-electron chi connectivity index (χ3n) is 6.15. The lowest BCUT2D eigenvalue weighted by Gasteiger charge is -2.29. The van der Waals surface area contributed by atoms with E-state index in [0.717, 1.165) is 16.0 Å². The SMILES string of the molecule is CC(C)(C)OC(=O)N1CC=C(C2=CCC(S(=O)(=O)NC3(C(=O)O)C[C@@H]3c3ccccc3)S2)CC1. The third-order valence-corrected chi connectivity index (χ3v) is 9.87. The molecule has 10 heteroatoms. The molecule has 0 radical (unpaired) electrons. The molecule has 0 bridgehead atoms. The zero-order chi connectivity index (χ0) is 24.7. The Morgan fingerprint density at radius 1 is 1.21 bits per heavy atom. The number of ether oxygens (including phenoxy) is 1. The number of sulfonamides is 1. The minimum absolute atomic E-state index is 0.231. The van der Waals surface area contributed by atoms with E-state index in [9.17, 15) is 23.1 Å². The normalized spacial score (nSPS) is 27.1. The van der Waals surface area contributed by atoms with Crippen molar-refractivity contribution in [1.82, 2.24) is 9.62 Å². The van der Waals surface area contributed by atoms with E-state index in [1.54, 1.807) is 4.90 Å². The van der Waals surface area contributed by atoms with Gasteiger partial charge in [0.2, 0.25) is 10.0 Å². The molecule has 1 amide bonds. The van der Waals surface area contributed by atoms with E-state index in [0.29, 0.717) is 25.9 Å². The molecule has 1 aromatic carbocycles. The number of thioether (sulfide) groups is 1. The molecule has 2 aliphatic heterocycles. The van der Waals surface area contributed by atoms with Crippen molar-refractivity contribution in [2.75, 3.05) is 13.1 Å². The molecule has 2 N–H and O–H groups in total. The maximum atomic E-state index is 13.2. The Hall–Kier alpha value is -2.30. The lowest BCUT2D eigenvalue weighted by atomic mass is 10.1. The predicted molar refractivity (Wildman–Crippen MR) is 131 cm³/mol. The van der Waals surface area contributed by atoms with Crippen LogP contribution in [0.15, 0.2) is 53.0 Å². The molecule has 8 nitrogen and oxygen atoms in total. The van der Waals surface area contributed by atoms with Gasteiger partial charge >= 0.3 is 12.1 Å². The van der Waals surface area contributed by atoms with Gasteiger partial charge < -0.3 is 14.7 Å². The first-order valence-electron chi connectivity index (χ1n) is 11.3. The second-order valence-electron chi connectivity index (χ2n) is 9.85. The standard InChI is InChI=1S/C24H30N2O6S2/c1-23(2,3)32-22(29)26-13-11-17(12-14-26)19-9-10-20(33-19)34(30,31)25-24(21(27)28)15-18(24)16-7-5-4-6-8-16/h4-9,11,18,20,25H,10,12-15H2,1-3H3,(H,27,28)/t18-,20?,24?/m1/s1. The van der Waals surface area contributed by atoms with Crippen LogP contribution in [0.5, 0.6) is 0 Å². The van der Waals surface area contributed by atoms with E-state index in [2.05, 4.69) is 4.72 Å². The van der Waals surface area contributed by atoms with Crippen LogP contribution in [0.25, 0.3) is 0 Å². The zero-order valence-corrected chi connectivity index (χ0v) is 21.1. The number of nitrogens with one attached hydrogen (secondary N) is 1. The lowest BCUT2D eigenvalue weighted by Crippen LogP contribution is -2.47. The van der Waals surface area contributed by atoms with E-state index in [-0.39, 0.29) is 18.4 Å². The number of carboxylic acid groups (broad SMARTS) is 1. The van der Waals surface area contributed by atoms with Crippen LogP contribution in [0.1, 0.15) is 51.5 Å². The Kier molecular flexibility index (Phi) is 6.61. The molecule has 2 unspecified atom stereocenters. The van der Waals surface area contributed by atoms with Gasteiger partial charge in [-0.15, -0.1) is 11.8 Å². The highest BCUT2D eigenvalue weighted by Crippen LogP contribution is 2.53. The number of carboxylic acids is 1. The summed E-state index contributed by atoms with van der Waals surface area (Å²) < 4.78 is 33.5.